The van der Waals surface area contributed by atoms with Gasteiger partial charge in [-0.2, -0.15) is 0 Å². The van der Waals surface area contributed by atoms with Gasteiger partial charge in [0.1, 0.15) is 0 Å². The predicted octanol–water partition coefficient (Wildman–Crippen LogP) is -0.783. The maximum absolute atomic E-state index is 11.1. The summed E-state index contributed by atoms with van der Waals surface area (Å²) in [4.78, 5) is 15.8. The van der Waals surface area contributed by atoms with E-state index < -0.39 is 11.4 Å². The lowest BCUT2D eigenvalue weighted by Gasteiger charge is -2.35. The summed E-state index contributed by atoms with van der Waals surface area (Å²) in [6.45, 7) is 10.2. The summed E-state index contributed by atoms with van der Waals surface area (Å²) in [6.07, 6.45) is 0.633. The third-order valence-electron chi connectivity index (χ3n) is 3.42. The van der Waals surface area contributed by atoms with Crippen LogP contribution in [-0.4, -0.2) is 60.5 Å². The van der Waals surface area contributed by atoms with Crippen molar-refractivity contribution in [3.05, 3.63) is 0 Å². The number of hydrogen-bond donors (Lipinski definition) is 2. The quantitative estimate of drug-likeness (QED) is 0.647. The third kappa shape index (κ3) is 3.73. The minimum absolute atomic E-state index is 0.417. The summed E-state index contributed by atoms with van der Waals surface area (Å²) in [5.41, 5.74) is 10.2. The predicted molar refractivity (Wildman–Crippen MR) is 65.0 cm³/mol. The molecule has 1 amide bonds. The smallest absolute Gasteiger partial charge is 0.237 e. The number of amides is 1. The highest BCUT2D eigenvalue weighted by atomic mass is 16.1. The topological polar surface area (TPSA) is 75.6 Å². The molecule has 0 saturated carbocycles. The maximum Gasteiger partial charge on any atom is 0.237 e. The van der Waals surface area contributed by atoms with E-state index in [1.165, 1.54) is 0 Å². The fourth-order valence-electron chi connectivity index (χ4n) is 1.84. The Morgan fingerprint density at radius 2 is 1.75 bits per heavy atom. The summed E-state index contributed by atoms with van der Waals surface area (Å²) in [5.74, 6) is -0.417. The van der Waals surface area contributed by atoms with Gasteiger partial charge in [-0.05, 0) is 19.9 Å². The van der Waals surface area contributed by atoms with E-state index in [9.17, 15) is 4.79 Å². The van der Waals surface area contributed by atoms with Gasteiger partial charge in [-0.15, -0.1) is 0 Å². The second kappa shape index (κ2) is 5.61. The molecule has 0 aromatic carbocycles. The van der Waals surface area contributed by atoms with Crippen molar-refractivity contribution in [2.75, 3.05) is 39.3 Å². The minimum Gasteiger partial charge on any atom is -0.368 e. The zero-order valence-electron chi connectivity index (χ0n) is 10.4. The van der Waals surface area contributed by atoms with Crippen molar-refractivity contribution in [1.29, 1.82) is 0 Å². The van der Waals surface area contributed by atoms with Gasteiger partial charge in [0.15, 0.2) is 0 Å². The van der Waals surface area contributed by atoms with Crippen LogP contribution in [0, 0.1) is 0 Å². The molecule has 94 valence electrons. The minimum atomic E-state index is -0.873. The molecule has 1 atom stereocenters. The molecule has 5 heteroatoms. The Labute approximate surface area is 97.7 Å². The number of hydrogen-bond acceptors (Lipinski definition) is 4. The first-order valence-electron chi connectivity index (χ1n) is 5.99. The van der Waals surface area contributed by atoms with E-state index in [0.29, 0.717) is 6.42 Å². The van der Waals surface area contributed by atoms with Crippen LogP contribution >= 0.6 is 0 Å². The largest absolute Gasteiger partial charge is 0.368 e. The summed E-state index contributed by atoms with van der Waals surface area (Å²) in [5, 5.41) is 0. The lowest BCUT2D eigenvalue weighted by molar-refractivity contribution is -0.122. The summed E-state index contributed by atoms with van der Waals surface area (Å²) in [6, 6.07) is 0. The van der Waals surface area contributed by atoms with Crippen molar-refractivity contribution in [1.82, 2.24) is 9.80 Å². The first kappa shape index (κ1) is 13.4. The summed E-state index contributed by atoms with van der Waals surface area (Å²) >= 11 is 0. The summed E-state index contributed by atoms with van der Waals surface area (Å²) < 4.78 is 0. The van der Waals surface area contributed by atoms with Gasteiger partial charge >= 0.3 is 0 Å². The standard InChI is InChI=1S/C11H24N4O/c1-3-14-6-8-15(9-7-14)5-4-11(2,13)10(12)16/h3-9,13H2,1-2H3,(H2,12,16). The van der Waals surface area contributed by atoms with E-state index in [-0.39, 0.29) is 0 Å². The van der Waals surface area contributed by atoms with E-state index >= 15 is 0 Å². The van der Waals surface area contributed by atoms with E-state index in [1.807, 2.05) is 0 Å². The molecular weight excluding hydrogens is 204 g/mol. The van der Waals surface area contributed by atoms with Crippen molar-refractivity contribution in [2.24, 2.45) is 11.5 Å². The van der Waals surface area contributed by atoms with Crippen molar-refractivity contribution in [2.45, 2.75) is 25.8 Å². The Kier molecular flexibility index (Phi) is 4.70. The van der Waals surface area contributed by atoms with Crippen LogP contribution in [0.4, 0.5) is 0 Å². The van der Waals surface area contributed by atoms with Crippen LogP contribution in [0.25, 0.3) is 0 Å². The van der Waals surface area contributed by atoms with Gasteiger partial charge in [-0.25, -0.2) is 0 Å². The zero-order valence-corrected chi connectivity index (χ0v) is 10.4. The van der Waals surface area contributed by atoms with Gasteiger partial charge in [-0.1, -0.05) is 6.92 Å². The van der Waals surface area contributed by atoms with Crippen LogP contribution in [0.5, 0.6) is 0 Å². The number of carbonyl (C=O) groups excluding carboxylic acids is 1. The lowest BCUT2D eigenvalue weighted by atomic mass is 9.98. The molecule has 0 aliphatic carbocycles. The summed E-state index contributed by atoms with van der Waals surface area (Å²) in [7, 11) is 0. The second-order valence-corrected chi connectivity index (χ2v) is 4.81. The van der Waals surface area contributed by atoms with Crippen LogP contribution in [0.2, 0.25) is 0 Å². The Morgan fingerprint density at radius 1 is 1.25 bits per heavy atom. The number of piperazine rings is 1. The monoisotopic (exact) mass is 228 g/mol. The van der Waals surface area contributed by atoms with Gasteiger partial charge in [0, 0.05) is 32.7 Å². The Balaban J connectivity index is 2.27. The maximum atomic E-state index is 11.1. The Bertz CT molecular complexity index is 234. The number of nitrogens with zero attached hydrogens (tertiary/aromatic N) is 2. The molecule has 16 heavy (non-hydrogen) atoms. The van der Waals surface area contributed by atoms with Gasteiger partial charge in [-0.3, -0.25) is 4.79 Å². The first-order chi connectivity index (χ1) is 7.45. The van der Waals surface area contributed by atoms with Gasteiger partial charge in [0.25, 0.3) is 0 Å². The van der Waals surface area contributed by atoms with Crippen LogP contribution in [0.3, 0.4) is 0 Å². The van der Waals surface area contributed by atoms with E-state index in [4.69, 9.17) is 11.5 Å². The normalized spacial score (nSPS) is 22.9. The lowest BCUT2D eigenvalue weighted by Crippen LogP contribution is -2.53. The molecule has 4 N–H and O–H groups in total. The number of primary amides is 1. The molecule has 1 unspecified atom stereocenters. The number of nitrogens with two attached hydrogens (primary N) is 2. The molecule has 5 nitrogen and oxygen atoms in total. The average Bonchev–Trinajstić information content (AvgIpc) is 2.27. The molecule has 0 spiro atoms. The molecule has 0 bridgehead atoms. The fourth-order valence-corrected chi connectivity index (χ4v) is 1.84. The number of rotatable bonds is 5. The highest BCUT2D eigenvalue weighted by molar-refractivity contribution is 5.83. The molecular formula is C11H24N4O. The van der Waals surface area contributed by atoms with Gasteiger partial charge in [0.05, 0.1) is 5.54 Å². The molecule has 1 aliphatic heterocycles. The second-order valence-electron chi connectivity index (χ2n) is 4.81. The number of likely N-dealkylation sites (N-methyl/N-ethyl adjacent to an activating group) is 1. The molecule has 1 saturated heterocycles. The van der Waals surface area contributed by atoms with Gasteiger partial charge in [0.2, 0.25) is 5.91 Å². The molecule has 0 aromatic heterocycles. The molecule has 1 fully saturated rings. The van der Waals surface area contributed by atoms with Gasteiger partial charge < -0.3 is 21.3 Å². The first-order valence-corrected chi connectivity index (χ1v) is 5.99. The molecule has 0 aromatic rings. The molecule has 1 heterocycles. The number of carbonyl (C=O) groups is 1. The van der Waals surface area contributed by atoms with Crippen molar-refractivity contribution < 1.29 is 4.79 Å². The van der Waals surface area contributed by atoms with Crippen molar-refractivity contribution in [3.63, 3.8) is 0 Å². The Hall–Kier alpha value is -0.650. The van der Waals surface area contributed by atoms with E-state index in [2.05, 4.69) is 16.7 Å². The highest BCUT2D eigenvalue weighted by Gasteiger charge is 2.26. The van der Waals surface area contributed by atoms with E-state index in [0.717, 1.165) is 39.3 Å². The molecule has 0 radical (unpaired) electrons. The Morgan fingerprint density at radius 3 is 2.19 bits per heavy atom. The van der Waals surface area contributed by atoms with Crippen LogP contribution in [0.15, 0.2) is 0 Å². The SMILES string of the molecule is CCN1CCN(CCC(C)(N)C(N)=O)CC1. The van der Waals surface area contributed by atoms with Crippen LogP contribution < -0.4 is 11.5 Å². The van der Waals surface area contributed by atoms with Crippen molar-refractivity contribution in [3.8, 4) is 0 Å². The van der Waals surface area contributed by atoms with Crippen LogP contribution in [-0.2, 0) is 4.79 Å². The third-order valence-corrected chi connectivity index (χ3v) is 3.42. The highest BCUT2D eigenvalue weighted by Crippen LogP contribution is 2.08. The van der Waals surface area contributed by atoms with Crippen molar-refractivity contribution >= 4 is 5.91 Å². The molecule has 1 rings (SSSR count). The average molecular weight is 228 g/mol. The van der Waals surface area contributed by atoms with Crippen LogP contribution in [0.1, 0.15) is 20.3 Å². The van der Waals surface area contributed by atoms with E-state index in [1.54, 1.807) is 6.92 Å². The fraction of sp³-hybridized carbons (Fsp3) is 0.909. The zero-order chi connectivity index (χ0) is 12.2. The molecule has 1 aliphatic rings.